The Balaban J connectivity index is 2.37. The first-order chi connectivity index (χ1) is 11.4. The van der Waals surface area contributed by atoms with Gasteiger partial charge in [-0.1, -0.05) is 12.2 Å². The van der Waals surface area contributed by atoms with Gasteiger partial charge in [0.25, 0.3) is 5.56 Å². The monoisotopic (exact) mass is 330 g/mol. The Kier molecular flexibility index (Phi) is 3.90. The summed E-state index contributed by atoms with van der Waals surface area (Å²) in [7, 11) is 1.64. The molecule has 3 heterocycles. The molecule has 8 nitrogen and oxygen atoms in total. The van der Waals surface area contributed by atoms with Crippen molar-refractivity contribution in [2.45, 2.75) is 46.8 Å². The van der Waals surface area contributed by atoms with E-state index < -0.39 is 0 Å². The van der Waals surface area contributed by atoms with Crippen LogP contribution in [0.3, 0.4) is 0 Å². The van der Waals surface area contributed by atoms with Gasteiger partial charge in [0.1, 0.15) is 0 Å². The number of hydrogen-bond acceptors (Lipinski definition) is 5. The van der Waals surface area contributed by atoms with Gasteiger partial charge in [0, 0.05) is 13.6 Å². The van der Waals surface area contributed by atoms with Crippen molar-refractivity contribution in [1.82, 2.24) is 18.7 Å². The first-order valence-corrected chi connectivity index (χ1v) is 8.01. The summed E-state index contributed by atoms with van der Waals surface area (Å²) in [6, 6.07) is 0.0955. The topological polar surface area (TPSA) is 77.4 Å². The van der Waals surface area contributed by atoms with E-state index in [-0.39, 0.29) is 23.8 Å². The molecule has 0 unspecified atom stereocenters. The number of anilines is 1. The molecule has 0 amide bonds. The summed E-state index contributed by atoms with van der Waals surface area (Å²) in [5.41, 5.74) is 1.05. The zero-order valence-electron chi connectivity index (χ0n) is 14.6. The average molecular weight is 330 g/mol. The second kappa shape index (κ2) is 5.77. The number of nitrogens with zero attached hydrogens (tertiary/aromatic N) is 6. The summed E-state index contributed by atoms with van der Waals surface area (Å²) in [5.74, 6) is 0.599. The minimum Gasteiger partial charge on any atom is -0.297 e. The van der Waals surface area contributed by atoms with Crippen molar-refractivity contribution < 1.29 is 0 Å². The summed E-state index contributed by atoms with van der Waals surface area (Å²) in [4.78, 5) is 30.0. The average Bonchev–Trinajstić information content (AvgIpc) is 2.91. The highest BCUT2D eigenvalue weighted by Crippen LogP contribution is 2.25. The summed E-state index contributed by atoms with van der Waals surface area (Å²) in [6.07, 6.45) is 3.61. The van der Waals surface area contributed by atoms with Gasteiger partial charge < -0.3 is 0 Å². The fraction of sp³-hybridized carbons (Fsp3) is 0.500. The smallest absolute Gasteiger partial charge is 0.297 e. The molecule has 0 N–H and O–H groups in total. The van der Waals surface area contributed by atoms with E-state index >= 15 is 0 Å². The minimum absolute atomic E-state index is 0.0955. The van der Waals surface area contributed by atoms with E-state index in [9.17, 15) is 9.59 Å². The first-order valence-electron chi connectivity index (χ1n) is 8.01. The van der Waals surface area contributed by atoms with E-state index in [1.54, 1.807) is 18.1 Å². The standard InChI is InChI=1S/C16H22N6O2/c1-6-7-8-20-14(23)12-13(19(5)16(20)24)17-15-21(12)9-11(4)18-22(15)10(2)3/h6-7,10H,8-9H2,1-5H3. The minimum atomic E-state index is -0.366. The molecule has 0 fully saturated rings. The van der Waals surface area contributed by atoms with Gasteiger partial charge in [-0.15, -0.1) is 0 Å². The third-order valence-electron chi connectivity index (χ3n) is 4.10. The van der Waals surface area contributed by atoms with Crippen molar-refractivity contribution in [3.05, 3.63) is 33.0 Å². The molecular weight excluding hydrogens is 308 g/mol. The number of imidazole rings is 1. The van der Waals surface area contributed by atoms with Gasteiger partial charge in [-0.25, -0.2) is 9.80 Å². The number of hydrazone groups is 1. The molecule has 2 aromatic heterocycles. The Morgan fingerprint density at radius 3 is 2.62 bits per heavy atom. The molecule has 0 saturated heterocycles. The van der Waals surface area contributed by atoms with Crippen molar-refractivity contribution in [2.75, 3.05) is 5.01 Å². The first kappa shape index (κ1) is 16.2. The van der Waals surface area contributed by atoms with Crippen LogP contribution in [0.4, 0.5) is 5.95 Å². The summed E-state index contributed by atoms with van der Waals surface area (Å²) < 4.78 is 4.52. The van der Waals surface area contributed by atoms with Gasteiger partial charge in [-0.3, -0.25) is 18.5 Å². The summed E-state index contributed by atoms with van der Waals surface area (Å²) in [5, 5.41) is 6.32. The number of hydrogen-bond donors (Lipinski definition) is 0. The third-order valence-corrected chi connectivity index (χ3v) is 4.10. The predicted molar refractivity (Wildman–Crippen MR) is 94.8 cm³/mol. The zero-order chi connectivity index (χ0) is 17.6. The van der Waals surface area contributed by atoms with Gasteiger partial charge in [-0.2, -0.15) is 10.1 Å². The van der Waals surface area contributed by atoms with Crippen LogP contribution in [0.1, 0.15) is 27.7 Å². The number of fused-ring (bicyclic) bond motifs is 3. The predicted octanol–water partition coefficient (Wildman–Crippen LogP) is 1.08. The molecule has 24 heavy (non-hydrogen) atoms. The Labute approximate surface area is 139 Å². The zero-order valence-corrected chi connectivity index (χ0v) is 14.6. The van der Waals surface area contributed by atoms with E-state index in [4.69, 9.17) is 0 Å². The highest BCUT2D eigenvalue weighted by atomic mass is 16.2. The van der Waals surface area contributed by atoms with Crippen LogP contribution < -0.4 is 16.3 Å². The lowest BCUT2D eigenvalue weighted by Crippen LogP contribution is -2.40. The van der Waals surface area contributed by atoms with Crippen LogP contribution in [0.15, 0.2) is 26.8 Å². The number of rotatable bonds is 3. The van der Waals surface area contributed by atoms with Crippen LogP contribution in [-0.2, 0) is 20.1 Å². The lowest BCUT2D eigenvalue weighted by Gasteiger charge is -2.27. The van der Waals surface area contributed by atoms with Gasteiger partial charge in [-0.05, 0) is 27.7 Å². The summed E-state index contributed by atoms with van der Waals surface area (Å²) >= 11 is 0. The lowest BCUT2D eigenvalue weighted by molar-refractivity contribution is 0.642. The van der Waals surface area contributed by atoms with Crippen molar-refractivity contribution in [3.8, 4) is 0 Å². The molecule has 0 radical (unpaired) electrons. The summed E-state index contributed by atoms with van der Waals surface area (Å²) in [6.45, 7) is 8.54. The molecule has 8 heteroatoms. The normalized spacial score (nSPS) is 14.8. The molecule has 0 aromatic carbocycles. The SMILES string of the molecule is CC=CCn1c(=O)c2c(nc3n2CC(C)=NN3C(C)C)n(C)c1=O. The maximum absolute atomic E-state index is 12.9. The highest BCUT2D eigenvalue weighted by molar-refractivity contribution is 5.87. The van der Waals surface area contributed by atoms with Gasteiger partial charge in [0.15, 0.2) is 11.2 Å². The van der Waals surface area contributed by atoms with E-state index in [0.29, 0.717) is 23.7 Å². The molecule has 2 aromatic rings. The van der Waals surface area contributed by atoms with E-state index in [0.717, 1.165) is 5.71 Å². The molecule has 3 rings (SSSR count). The second-order valence-electron chi connectivity index (χ2n) is 6.27. The van der Waals surface area contributed by atoms with Crippen LogP contribution in [0.25, 0.3) is 11.2 Å². The molecule has 1 aliphatic rings. The second-order valence-corrected chi connectivity index (χ2v) is 6.27. The Morgan fingerprint density at radius 2 is 2.00 bits per heavy atom. The quantitative estimate of drug-likeness (QED) is 0.789. The molecule has 128 valence electrons. The highest BCUT2D eigenvalue weighted by Gasteiger charge is 2.27. The van der Waals surface area contributed by atoms with Crippen molar-refractivity contribution in [3.63, 3.8) is 0 Å². The van der Waals surface area contributed by atoms with Gasteiger partial charge in [0.2, 0.25) is 5.95 Å². The fourth-order valence-electron chi connectivity index (χ4n) is 2.89. The number of allylic oxidation sites excluding steroid dienone is 2. The van der Waals surface area contributed by atoms with Crippen LogP contribution in [0.2, 0.25) is 0 Å². The molecule has 0 saturated carbocycles. The fourth-order valence-corrected chi connectivity index (χ4v) is 2.89. The third kappa shape index (κ3) is 2.29. The molecule has 1 aliphatic heterocycles. The maximum atomic E-state index is 12.9. The lowest BCUT2D eigenvalue weighted by atomic mass is 10.3. The van der Waals surface area contributed by atoms with Crippen molar-refractivity contribution in [2.24, 2.45) is 12.1 Å². The number of aromatic nitrogens is 4. The Hall–Kier alpha value is -2.64. The van der Waals surface area contributed by atoms with E-state index in [1.807, 2.05) is 38.3 Å². The van der Waals surface area contributed by atoms with Gasteiger partial charge in [0.05, 0.1) is 18.3 Å². The molecule has 0 bridgehead atoms. The van der Waals surface area contributed by atoms with Crippen molar-refractivity contribution >= 4 is 22.8 Å². The van der Waals surface area contributed by atoms with E-state index in [2.05, 4.69) is 10.1 Å². The molecule has 0 atom stereocenters. The number of aryl methyl sites for hydroxylation is 1. The molecule has 0 aliphatic carbocycles. The maximum Gasteiger partial charge on any atom is 0.332 e. The van der Waals surface area contributed by atoms with Crippen LogP contribution in [-0.4, -0.2) is 30.4 Å². The Bertz CT molecular complexity index is 973. The molecular formula is C16H22N6O2. The van der Waals surface area contributed by atoms with Crippen molar-refractivity contribution in [1.29, 1.82) is 0 Å². The Morgan fingerprint density at radius 1 is 1.29 bits per heavy atom. The van der Waals surface area contributed by atoms with Crippen LogP contribution in [0, 0.1) is 0 Å². The largest absolute Gasteiger partial charge is 0.332 e. The molecule has 0 spiro atoms. The van der Waals surface area contributed by atoms with Crippen LogP contribution >= 0.6 is 0 Å². The van der Waals surface area contributed by atoms with E-state index in [1.165, 1.54) is 9.13 Å². The van der Waals surface area contributed by atoms with Crippen LogP contribution in [0.5, 0.6) is 0 Å². The van der Waals surface area contributed by atoms with Gasteiger partial charge >= 0.3 is 5.69 Å².